The summed E-state index contributed by atoms with van der Waals surface area (Å²) in [5, 5.41) is 12.3. The van der Waals surface area contributed by atoms with Crippen LogP contribution in [0.4, 0.5) is 5.69 Å². The first-order valence-electron chi connectivity index (χ1n) is 8.94. The fraction of sp³-hybridized carbons (Fsp3) is 0.286. The first-order chi connectivity index (χ1) is 13.0. The molecule has 27 heavy (non-hydrogen) atoms. The minimum Gasteiger partial charge on any atom is -0.481 e. The average molecular weight is 364 g/mol. The molecule has 0 saturated heterocycles. The number of fused-ring (bicyclic) bond motifs is 2. The zero-order valence-electron chi connectivity index (χ0n) is 14.8. The lowest BCUT2D eigenvalue weighted by molar-refractivity contribution is -0.146. The molecule has 2 bridgehead atoms. The Balaban J connectivity index is 1.42. The maximum Gasteiger partial charge on any atom is 0.307 e. The maximum absolute atomic E-state index is 12.7. The smallest absolute Gasteiger partial charge is 0.307 e. The van der Waals surface area contributed by atoms with Crippen molar-refractivity contribution in [1.82, 2.24) is 4.98 Å². The molecule has 1 fully saturated rings. The van der Waals surface area contributed by atoms with Gasteiger partial charge in [-0.2, -0.15) is 0 Å². The third-order valence-electron chi connectivity index (χ3n) is 5.28. The van der Waals surface area contributed by atoms with Crippen LogP contribution in [0.2, 0.25) is 0 Å². The van der Waals surface area contributed by atoms with E-state index in [4.69, 9.17) is 4.74 Å². The highest BCUT2D eigenvalue weighted by molar-refractivity contribution is 5.96. The molecule has 2 aromatic rings. The first-order valence-corrected chi connectivity index (χ1v) is 8.94. The number of nitrogens with one attached hydrogen (secondary N) is 1. The molecule has 0 unspecified atom stereocenters. The molecule has 138 valence electrons. The highest BCUT2D eigenvalue weighted by atomic mass is 16.5. The zero-order chi connectivity index (χ0) is 19.0. The molecule has 2 N–H and O–H groups in total. The average Bonchev–Trinajstić information content (AvgIpc) is 3.26. The van der Waals surface area contributed by atoms with Gasteiger partial charge in [0.2, 0.25) is 11.8 Å². The lowest BCUT2D eigenvalue weighted by atomic mass is 9.82. The van der Waals surface area contributed by atoms with Gasteiger partial charge >= 0.3 is 5.97 Å². The molecule has 6 nitrogen and oxygen atoms in total. The van der Waals surface area contributed by atoms with E-state index in [1.165, 1.54) is 0 Å². The number of carboxylic acid groups (broad SMARTS) is 1. The van der Waals surface area contributed by atoms with Crippen LogP contribution in [0.1, 0.15) is 12.0 Å². The SMILES string of the molecule is Cc1ccc(Oc2ccc(NC(=O)[C@H]3[C@@H](C(=O)O)[C@H]4C=C[C@H]3C4)cc2)nc1. The fourth-order valence-corrected chi connectivity index (χ4v) is 3.98. The van der Waals surface area contributed by atoms with Crippen molar-refractivity contribution in [3.05, 3.63) is 60.3 Å². The van der Waals surface area contributed by atoms with Crippen molar-refractivity contribution in [1.29, 1.82) is 0 Å². The van der Waals surface area contributed by atoms with Crippen LogP contribution in [0.15, 0.2) is 54.7 Å². The Morgan fingerprint density at radius 2 is 1.78 bits per heavy atom. The molecule has 4 rings (SSSR count). The first kappa shape index (κ1) is 17.3. The van der Waals surface area contributed by atoms with E-state index in [1.54, 1.807) is 36.5 Å². The summed E-state index contributed by atoms with van der Waals surface area (Å²) >= 11 is 0. The number of hydrogen-bond acceptors (Lipinski definition) is 4. The standard InChI is InChI=1S/C21H20N2O4/c1-12-2-9-17(22-11-12)27-16-7-5-15(6-8-16)23-20(24)18-13-3-4-14(10-13)19(18)21(25)26/h2-9,11,13-14,18-19H,10H2,1H3,(H,23,24)(H,25,26)/t13-,14-,18+,19-/m0/s1. The van der Waals surface area contributed by atoms with Crippen molar-refractivity contribution < 1.29 is 19.4 Å². The van der Waals surface area contributed by atoms with E-state index in [0.29, 0.717) is 17.3 Å². The van der Waals surface area contributed by atoms with E-state index >= 15 is 0 Å². The van der Waals surface area contributed by atoms with Gasteiger partial charge in [0.25, 0.3) is 0 Å². The predicted molar refractivity (Wildman–Crippen MR) is 99.5 cm³/mol. The summed E-state index contributed by atoms with van der Waals surface area (Å²) in [6.45, 7) is 1.95. The number of carbonyl (C=O) groups excluding carboxylic acids is 1. The molecule has 0 radical (unpaired) electrons. The predicted octanol–water partition coefficient (Wildman–Crippen LogP) is 3.64. The molecule has 1 amide bonds. The van der Waals surface area contributed by atoms with Crippen LogP contribution in [-0.2, 0) is 9.59 Å². The van der Waals surface area contributed by atoms with E-state index in [0.717, 1.165) is 12.0 Å². The molecule has 1 heterocycles. The summed E-state index contributed by atoms with van der Waals surface area (Å²) in [7, 11) is 0. The van der Waals surface area contributed by atoms with Crippen LogP contribution in [0.5, 0.6) is 11.6 Å². The van der Waals surface area contributed by atoms with Gasteiger partial charge in [-0.25, -0.2) is 4.98 Å². The second-order valence-electron chi connectivity index (χ2n) is 7.13. The van der Waals surface area contributed by atoms with E-state index in [9.17, 15) is 14.7 Å². The fourth-order valence-electron chi connectivity index (χ4n) is 3.98. The summed E-state index contributed by atoms with van der Waals surface area (Å²) in [6.07, 6.45) is 6.37. The Bertz CT molecular complexity index is 889. The number of ether oxygens (including phenoxy) is 1. The number of anilines is 1. The Labute approximate surface area is 156 Å². The van der Waals surface area contributed by atoms with Gasteiger partial charge in [0.15, 0.2) is 0 Å². The van der Waals surface area contributed by atoms with Crippen molar-refractivity contribution in [3.63, 3.8) is 0 Å². The number of nitrogens with zero attached hydrogens (tertiary/aromatic N) is 1. The van der Waals surface area contributed by atoms with Gasteiger partial charge < -0.3 is 15.2 Å². The molecule has 6 heteroatoms. The van der Waals surface area contributed by atoms with Crippen LogP contribution < -0.4 is 10.1 Å². The summed E-state index contributed by atoms with van der Waals surface area (Å²) in [5.41, 5.74) is 1.66. The Kier molecular flexibility index (Phi) is 4.39. The number of rotatable bonds is 5. The minimum atomic E-state index is -0.902. The summed E-state index contributed by atoms with van der Waals surface area (Å²) in [6, 6.07) is 10.7. The quantitative estimate of drug-likeness (QED) is 0.791. The largest absolute Gasteiger partial charge is 0.481 e. The zero-order valence-corrected chi connectivity index (χ0v) is 14.8. The summed E-state index contributed by atoms with van der Waals surface area (Å²) < 4.78 is 5.67. The van der Waals surface area contributed by atoms with Crippen molar-refractivity contribution in [3.8, 4) is 11.6 Å². The Morgan fingerprint density at radius 3 is 2.41 bits per heavy atom. The van der Waals surface area contributed by atoms with Crippen molar-refractivity contribution in [2.24, 2.45) is 23.7 Å². The van der Waals surface area contributed by atoms with Gasteiger partial charge in [-0.15, -0.1) is 0 Å². The lowest BCUT2D eigenvalue weighted by Gasteiger charge is -2.23. The monoisotopic (exact) mass is 364 g/mol. The Morgan fingerprint density at radius 1 is 1.07 bits per heavy atom. The van der Waals surface area contributed by atoms with Crippen LogP contribution in [0.3, 0.4) is 0 Å². The molecule has 0 aliphatic heterocycles. The molecular formula is C21H20N2O4. The van der Waals surface area contributed by atoms with E-state index in [2.05, 4.69) is 10.3 Å². The van der Waals surface area contributed by atoms with E-state index < -0.39 is 17.8 Å². The number of aliphatic carboxylic acids is 1. The van der Waals surface area contributed by atoms with Crippen molar-refractivity contribution >= 4 is 17.6 Å². The molecule has 0 spiro atoms. The number of benzene rings is 1. The second-order valence-corrected chi connectivity index (χ2v) is 7.13. The van der Waals surface area contributed by atoms with Crippen LogP contribution >= 0.6 is 0 Å². The van der Waals surface area contributed by atoms with Gasteiger partial charge in [0, 0.05) is 18.0 Å². The second kappa shape index (κ2) is 6.87. The van der Waals surface area contributed by atoms with Crippen LogP contribution in [0.25, 0.3) is 0 Å². The molecule has 2 aliphatic carbocycles. The van der Waals surface area contributed by atoms with Gasteiger partial charge in [-0.05, 0) is 55.0 Å². The molecule has 1 saturated carbocycles. The molecule has 1 aromatic carbocycles. The third-order valence-corrected chi connectivity index (χ3v) is 5.28. The number of carbonyl (C=O) groups is 2. The van der Waals surface area contributed by atoms with Gasteiger partial charge in [-0.1, -0.05) is 18.2 Å². The van der Waals surface area contributed by atoms with Gasteiger partial charge in [0.05, 0.1) is 11.8 Å². The number of carboxylic acids is 1. The number of aryl methyl sites for hydroxylation is 1. The highest BCUT2D eigenvalue weighted by Gasteiger charge is 2.51. The number of allylic oxidation sites excluding steroid dienone is 2. The molecular weight excluding hydrogens is 344 g/mol. The number of hydrogen-bond donors (Lipinski definition) is 2. The Hall–Kier alpha value is -3.15. The molecule has 4 atom stereocenters. The van der Waals surface area contributed by atoms with Crippen molar-refractivity contribution in [2.75, 3.05) is 5.32 Å². The lowest BCUT2D eigenvalue weighted by Crippen LogP contribution is -2.36. The topological polar surface area (TPSA) is 88.5 Å². The normalized spacial score (nSPS) is 25.4. The van der Waals surface area contributed by atoms with Crippen molar-refractivity contribution in [2.45, 2.75) is 13.3 Å². The number of aromatic nitrogens is 1. The highest BCUT2D eigenvalue weighted by Crippen LogP contribution is 2.48. The minimum absolute atomic E-state index is 0.00585. The third kappa shape index (κ3) is 3.43. The van der Waals surface area contributed by atoms with E-state index in [1.807, 2.05) is 25.1 Å². The number of amides is 1. The summed E-state index contributed by atoms with van der Waals surface area (Å²) in [5.74, 6) is -1.24. The summed E-state index contributed by atoms with van der Waals surface area (Å²) in [4.78, 5) is 28.4. The van der Waals surface area contributed by atoms with Gasteiger partial charge in [0.1, 0.15) is 5.75 Å². The molecule has 2 aliphatic rings. The maximum atomic E-state index is 12.7. The van der Waals surface area contributed by atoms with Crippen LogP contribution in [-0.4, -0.2) is 22.0 Å². The van der Waals surface area contributed by atoms with Gasteiger partial charge in [-0.3, -0.25) is 9.59 Å². The number of pyridine rings is 1. The molecule has 1 aromatic heterocycles. The van der Waals surface area contributed by atoms with Crippen LogP contribution in [0, 0.1) is 30.6 Å². The van der Waals surface area contributed by atoms with E-state index in [-0.39, 0.29) is 17.7 Å².